The third kappa shape index (κ3) is 5.33. The van der Waals surface area contributed by atoms with Crippen molar-refractivity contribution in [3.05, 3.63) is 89.2 Å². The van der Waals surface area contributed by atoms with Crippen LogP contribution in [0.15, 0.2) is 76.9 Å². The largest absolute Gasteiger partial charge is 0.507 e. The highest BCUT2D eigenvalue weighted by Crippen LogP contribution is 2.16. The van der Waals surface area contributed by atoms with Crippen molar-refractivity contribution in [2.45, 2.75) is 13.8 Å². The van der Waals surface area contributed by atoms with Crippen LogP contribution in [-0.4, -0.2) is 38.4 Å². The molecule has 1 aromatic heterocycles. The molecule has 0 fully saturated rings. The molecule has 0 spiro atoms. The zero-order valence-corrected chi connectivity index (χ0v) is 17.4. The molecule has 162 valence electrons. The predicted octanol–water partition coefficient (Wildman–Crippen LogP) is 2.80. The Morgan fingerprint density at radius 2 is 1.09 bits per heavy atom. The summed E-state index contributed by atoms with van der Waals surface area (Å²) >= 11 is 0. The number of phenols is 2. The number of amides is 2. The van der Waals surface area contributed by atoms with Crippen LogP contribution in [0.1, 0.15) is 46.0 Å². The number of carbonyl (C=O) groups is 2. The van der Waals surface area contributed by atoms with Crippen LogP contribution in [0.4, 0.5) is 0 Å². The van der Waals surface area contributed by atoms with Crippen LogP contribution >= 0.6 is 0 Å². The van der Waals surface area contributed by atoms with Gasteiger partial charge in [0.1, 0.15) is 11.5 Å². The number of nitrogens with zero attached hydrogens (tertiary/aromatic N) is 3. The smallest absolute Gasteiger partial charge is 0.275 e. The Morgan fingerprint density at radius 1 is 0.688 bits per heavy atom. The molecule has 0 aliphatic carbocycles. The normalized spacial score (nSPS) is 11.7. The summed E-state index contributed by atoms with van der Waals surface area (Å²) in [5, 5.41) is 27.6. The molecule has 0 aliphatic heterocycles. The van der Waals surface area contributed by atoms with Gasteiger partial charge >= 0.3 is 0 Å². The van der Waals surface area contributed by atoms with Gasteiger partial charge in [0.2, 0.25) is 0 Å². The molecule has 1 heterocycles. The van der Waals surface area contributed by atoms with E-state index in [4.69, 9.17) is 0 Å². The van der Waals surface area contributed by atoms with E-state index in [2.05, 4.69) is 26.0 Å². The van der Waals surface area contributed by atoms with E-state index < -0.39 is 11.8 Å². The number of rotatable bonds is 6. The number of phenolic OH excluding ortho intramolecular Hbond substituents is 2. The highest BCUT2D eigenvalue weighted by Gasteiger charge is 2.11. The van der Waals surface area contributed by atoms with Crippen molar-refractivity contribution in [2.24, 2.45) is 10.2 Å². The van der Waals surface area contributed by atoms with E-state index in [1.807, 2.05) is 0 Å². The first-order chi connectivity index (χ1) is 15.4. The maximum Gasteiger partial charge on any atom is 0.275 e. The molecule has 0 atom stereocenters. The minimum Gasteiger partial charge on any atom is -0.507 e. The fraction of sp³-hybridized carbons (Fsp3) is 0.0870. The molecule has 0 saturated heterocycles. The van der Waals surface area contributed by atoms with Crippen LogP contribution in [0.5, 0.6) is 11.5 Å². The number of carbonyl (C=O) groups excluding carboxylic acids is 2. The van der Waals surface area contributed by atoms with E-state index in [0.717, 1.165) is 0 Å². The van der Waals surface area contributed by atoms with Crippen LogP contribution in [-0.2, 0) is 0 Å². The Labute approximate surface area is 184 Å². The third-order valence-electron chi connectivity index (χ3n) is 4.44. The number of aromatic nitrogens is 1. The Morgan fingerprint density at radius 3 is 1.50 bits per heavy atom. The highest BCUT2D eigenvalue weighted by atomic mass is 16.3. The minimum atomic E-state index is -0.553. The average molecular weight is 431 g/mol. The van der Waals surface area contributed by atoms with Gasteiger partial charge in [-0.05, 0) is 50.2 Å². The van der Waals surface area contributed by atoms with Crippen molar-refractivity contribution in [1.82, 2.24) is 15.8 Å². The lowest BCUT2D eigenvalue weighted by Gasteiger charge is -2.07. The molecule has 0 unspecified atom stereocenters. The van der Waals surface area contributed by atoms with Crippen molar-refractivity contribution in [2.75, 3.05) is 0 Å². The van der Waals surface area contributed by atoms with Gasteiger partial charge in [0.25, 0.3) is 11.8 Å². The Hall–Kier alpha value is -4.53. The number of para-hydroxylation sites is 2. The van der Waals surface area contributed by atoms with E-state index >= 15 is 0 Å². The lowest BCUT2D eigenvalue weighted by molar-refractivity contribution is 0.0943. The molecule has 4 N–H and O–H groups in total. The molecule has 0 aliphatic rings. The number of hydrogen-bond donors (Lipinski definition) is 4. The van der Waals surface area contributed by atoms with E-state index in [-0.39, 0.29) is 22.6 Å². The summed E-state index contributed by atoms with van der Waals surface area (Å²) in [4.78, 5) is 28.8. The SMILES string of the molecule is C/C(=N/NC(=O)c1ccccc1O)c1cccc(/C(C)=N/NC(=O)c2ccccc2O)n1. The predicted molar refractivity (Wildman–Crippen MR) is 120 cm³/mol. The van der Waals surface area contributed by atoms with Crippen molar-refractivity contribution < 1.29 is 19.8 Å². The first kappa shape index (κ1) is 22.2. The lowest BCUT2D eigenvalue weighted by atomic mass is 10.2. The summed E-state index contributed by atoms with van der Waals surface area (Å²) in [5.74, 6) is -1.39. The summed E-state index contributed by atoms with van der Waals surface area (Å²) in [5.41, 5.74) is 6.83. The number of hydrogen-bond acceptors (Lipinski definition) is 7. The molecule has 0 bridgehead atoms. The zero-order valence-electron chi connectivity index (χ0n) is 17.4. The van der Waals surface area contributed by atoms with Gasteiger partial charge in [0.15, 0.2) is 0 Å². The summed E-state index contributed by atoms with van der Waals surface area (Å²) < 4.78 is 0. The molecule has 3 aromatic rings. The fourth-order valence-corrected chi connectivity index (χ4v) is 2.67. The molecular weight excluding hydrogens is 410 g/mol. The summed E-state index contributed by atoms with van der Waals surface area (Å²) in [6, 6.07) is 17.5. The Bertz CT molecular complexity index is 1130. The average Bonchev–Trinajstić information content (AvgIpc) is 2.81. The molecule has 9 heteroatoms. The van der Waals surface area contributed by atoms with Gasteiger partial charge in [-0.2, -0.15) is 10.2 Å². The monoisotopic (exact) mass is 431 g/mol. The second-order valence-electron chi connectivity index (χ2n) is 6.72. The van der Waals surface area contributed by atoms with Crippen molar-refractivity contribution in [3.63, 3.8) is 0 Å². The molecule has 0 radical (unpaired) electrons. The van der Waals surface area contributed by atoms with Crippen molar-refractivity contribution in [3.8, 4) is 11.5 Å². The Balaban J connectivity index is 1.71. The molecule has 3 rings (SSSR count). The van der Waals surface area contributed by atoms with Gasteiger partial charge in [0, 0.05) is 0 Å². The number of pyridine rings is 1. The van der Waals surface area contributed by atoms with E-state index in [0.29, 0.717) is 22.8 Å². The molecule has 9 nitrogen and oxygen atoms in total. The lowest BCUT2D eigenvalue weighted by Crippen LogP contribution is -2.21. The van der Waals surface area contributed by atoms with Crippen LogP contribution < -0.4 is 10.9 Å². The highest BCUT2D eigenvalue weighted by molar-refractivity contribution is 6.03. The van der Waals surface area contributed by atoms with Crippen LogP contribution in [0.2, 0.25) is 0 Å². The second kappa shape index (κ2) is 9.98. The summed E-state index contributed by atoms with van der Waals surface area (Å²) in [6.07, 6.45) is 0. The van der Waals surface area contributed by atoms with Gasteiger partial charge in [-0.3, -0.25) is 9.59 Å². The first-order valence-corrected chi connectivity index (χ1v) is 9.60. The van der Waals surface area contributed by atoms with E-state index in [1.165, 1.54) is 24.3 Å². The Kier molecular flexibility index (Phi) is 6.92. The standard InChI is InChI=1S/C23H21N5O4/c1-14(25-27-22(31)16-8-3-5-12-20(16)29)18-10-7-11-19(24-18)15(2)26-28-23(32)17-9-4-6-13-21(17)30/h3-13,29-30H,1-2H3,(H,27,31)(H,28,32)/b25-14-,26-15+. The van der Waals surface area contributed by atoms with Crippen LogP contribution in [0, 0.1) is 0 Å². The van der Waals surface area contributed by atoms with Gasteiger partial charge in [-0.15, -0.1) is 0 Å². The van der Waals surface area contributed by atoms with Crippen molar-refractivity contribution >= 4 is 23.2 Å². The summed E-state index contributed by atoms with van der Waals surface area (Å²) in [7, 11) is 0. The first-order valence-electron chi connectivity index (χ1n) is 9.60. The number of hydrazone groups is 2. The molecular formula is C23H21N5O4. The van der Waals surface area contributed by atoms with Crippen LogP contribution in [0.25, 0.3) is 0 Å². The van der Waals surface area contributed by atoms with Gasteiger partial charge < -0.3 is 10.2 Å². The van der Waals surface area contributed by atoms with Crippen molar-refractivity contribution in [1.29, 1.82) is 0 Å². The van der Waals surface area contributed by atoms with Gasteiger partial charge in [-0.1, -0.05) is 30.3 Å². The van der Waals surface area contributed by atoms with E-state index in [1.54, 1.807) is 56.3 Å². The number of nitrogens with one attached hydrogen (secondary N) is 2. The zero-order chi connectivity index (χ0) is 23.1. The minimum absolute atomic E-state index is 0.105. The van der Waals surface area contributed by atoms with Gasteiger partial charge in [0.05, 0.1) is 33.9 Å². The topological polar surface area (TPSA) is 136 Å². The van der Waals surface area contributed by atoms with E-state index in [9.17, 15) is 19.8 Å². The quantitative estimate of drug-likeness (QED) is 0.351. The van der Waals surface area contributed by atoms with Crippen LogP contribution in [0.3, 0.4) is 0 Å². The second-order valence-corrected chi connectivity index (χ2v) is 6.72. The van der Waals surface area contributed by atoms with Gasteiger partial charge in [-0.25, -0.2) is 15.8 Å². The number of aromatic hydroxyl groups is 2. The molecule has 2 amide bonds. The maximum absolute atomic E-state index is 12.2. The maximum atomic E-state index is 12.2. The molecule has 32 heavy (non-hydrogen) atoms. The third-order valence-corrected chi connectivity index (χ3v) is 4.44. The molecule has 0 saturated carbocycles. The number of benzene rings is 2. The fourth-order valence-electron chi connectivity index (χ4n) is 2.67. The summed E-state index contributed by atoms with van der Waals surface area (Å²) in [6.45, 7) is 3.34. The molecule has 2 aromatic carbocycles.